The lowest BCUT2D eigenvalue weighted by atomic mass is 10.0. The van der Waals surface area contributed by atoms with Gasteiger partial charge in [-0.3, -0.25) is 0 Å². The van der Waals surface area contributed by atoms with Crippen LogP contribution in [0.2, 0.25) is 0 Å². The van der Waals surface area contributed by atoms with Gasteiger partial charge in [-0.05, 0) is 49.6 Å². The Morgan fingerprint density at radius 1 is 1.00 bits per heavy atom. The minimum Gasteiger partial charge on any atom is -0.388 e. The molecule has 0 amide bonds. The second kappa shape index (κ2) is 6.00. The van der Waals surface area contributed by atoms with Crippen LogP contribution < -0.4 is 10.2 Å². The fourth-order valence-corrected chi connectivity index (χ4v) is 2.95. The van der Waals surface area contributed by atoms with Crippen molar-refractivity contribution in [2.75, 3.05) is 24.3 Å². The minimum absolute atomic E-state index is 0.917. The van der Waals surface area contributed by atoms with E-state index in [4.69, 9.17) is 0 Å². The van der Waals surface area contributed by atoms with Crippen LogP contribution in [-0.2, 0) is 6.54 Å². The van der Waals surface area contributed by atoms with Gasteiger partial charge in [-0.25, -0.2) is 0 Å². The molecule has 0 aromatic heterocycles. The highest BCUT2D eigenvalue weighted by atomic mass is 15.1. The monoisotopic (exact) mass is 268 g/mol. The molecule has 20 heavy (non-hydrogen) atoms. The highest BCUT2D eigenvalue weighted by molar-refractivity contribution is 5.60. The van der Waals surface area contributed by atoms with Crippen LogP contribution in [-0.4, -0.2) is 14.1 Å². The molecule has 2 heteroatoms. The van der Waals surface area contributed by atoms with Crippen LogP contribution in [0.4, 0.5) is 11.4 Å². The third-order valence-corrected chi connectivity index (χ3v) is 3.65. The van der Waals surface area contributed by atoms with Crippen molar-refractivity contribution >= 4 is 11.4 Å². The maximum absolute atomic E-state index is 3.19. The molecule has 0 unspecified atom stereocenters. The number of nitrogens with zero attached hydrogens (tertiary/aromatic N) is 1. The Hall–Kier alpha value is -1.96. The van der Waals surface area contributed by atoms with E-state index in [9.17, 15) is 0 Å². The van der Waals surface area contributed by atoms with E-state index >= 15 is 0 Å². The number of benzene rings is 2. The van der Waals surface area contributed by atoms with Gasteiger partial charge >= 0.3 is 0 Å². The number of nitrogens with one attached hydrogen (secondary N) is 1. The van der Waals surface area contributed by atoms with Gasteiger partial charge in [0.15, 0.2) is 0 Å². The zero-order valence-electron chi connectivity index (χ0n) is 13.1. The van der Waals surface area contributed by atoms with Crippen LogP contribution in [0.5, 0.6) is 0 Å². The molecule has 2 nitrogen and oxygen atoms in total. The average Bonchev–Trinajstić information content (AvgIpc) is 2.37. The second-order valence-corrected chi connectivity index (χ2v) is 5.55. The lowest BCUT2D eigenvalue weighted by Crippen LogP contribution is -2.18. The molecule has 1 N–H and O–H groups in total. The Balaban J connectivity index is 2.26. The number of aryl methyl sites for hydroxylation is 3. The number of rotatable bonds is 4. The van der Waals surface area contributed by atoms with E-state index in [0.29, 0.717) is 0 Å². The van der Waals surface area contributed by atoms with E-state index in [-0.39, 0.29) is 0 Å². The fourth-order valence-electron chi connectivity index (χ4n) is 2.95. The summed E-state index contributed by atoms with van der Waals surface area (Å²) in [6.07, 6.45) is 0. The molecule has 2 aromatic carbocycles. The topological polar surface area (TPSA) is 15.3 Å². The molecular weight excluding hydrogens is 244 g/mol. The molecule has 2 aromatic rings. The Kier molecular flexibility index (Phi) is 4.33. The number of anilines is 2. The van der Waals surface area contributed by atoms with Gasteiger partial charge in [0, 0.05) is 32.0 Å². The molecule has 0 saturated carbocycles. The molecule has 0 aliphatic heterocycles. The molecule has 0 saturated heterocycles. The SMILES string of the molecule is CNc1cccc(CN(C)c2c(C)cc(C)cc2C)c1. The molecule has 0 fully saturated rings. The van der Waals surface area contributed by atoms with Crippen LogP contribution in [0.1, 0.15) is 22.3 Å². The maximum atomic E-state index is 3.19. The predicted molar refractivity (Wildman–Crippen MR) is 88.7 cm³/mol. The first kappa shape index (κ1) is 14.4. The molecule has 0 aliphatic rings. The molecule has 0 radical (unpaired) electrons. The smallest absolute Gasteiger partial charge is 0.0427 e. The number of hydrogen-bond acceptors (Lipinski definition) is 2. The summed E-state index contributed by atoms with van der Waals surface area (Å²) in [5.74, 6) is 0. The zero-order chi connectivity index (χ0) is 14.7. The van der Waals surface area contributed by atoms with Gasteiger partial charge < -0.3 is 10.2 Å². The summed E-state index contributed by atoms with van der Waals surface area (Å²) in [5.41, 5.74) is 7.83. The predicted octanol–water partition coefficient (Wildman–Crippen LogP) is 4.29. The summed E-state index contributed by atoms with van der Waals surface area (Å²) in [6, 6.07) is 13.1. The molecule has 0 heterocycles. The van der Waals surface area contributed by atoms with Gasteiger partial charge in [0.2, 0.25) is 0 Å². The molecule has 0 atom stereocenters. The van der Waals surface area contributed by atoms with Crippen LogP contribution in [0.3, 0.4) is 0 Å². The molecule has 0 aliphatic carbocycles. The highest BCUT2D eigenvalue weighted by Crippen LogP contribution is 2.26. The summed E-state index contributed by atoms with van der Waals surface area (Å²) in [4.78, 5) is 2.33. The Morgan fingerprint density at radius 3 is 2.25 bits per heavy atom. The minimum atomic E-state index is 0.917. The van der Waals surface area contributed by atoms with E-state index in [1.54, 1.807) is 0 Å². The van der Waals surface area contributed by atoms with Crippen molar-refractivity contribution in [2.24, 2.45) is 0 Å². The summed E-state index contributed by atoms with van der Waals surface area (Å²) < 4.78 is 0. The van der Waals surface area contributed by atoms with Crippen molar-refractivity contribution in [2.45, 2.75) is 27.3 Å². The quantitative estimate of drug-likeness (QED) is 0.890. The van der Waals surface area contributed by atoms with E-state index in [1.807, 2.05) is 7.05 Å². The highest BCUT2D eigenvalue weighted by Gasteiger charge is 2.09. The van der Waals surface area contributed by atoms with Gasteiger partial charge in [0.1, 0.15) is 0 Å². The molecule has 106 valence electrons. The third kappa shape index (κ3) is 3.13. The van der Waals surface area contributed by atoms with E-state index in [0.717, 1.165) is 12.2 Å². The first-order valence-corrected chi connectivity index (χ1v) is 7.07. The Morgan fingerprint density at radius 2 is 1.65 bits per heavy atom. The first-order chi connectivity index (χ1) is 9.51. The van der Waals surface area contributed by atoms with Crippen molar-refractivity contribution in [1.82, 2.24) is 0 Å². The van der Waals surface area contributed by atoms with Gasteiger partial charge in [-0.1, -0.05) is 29.8 Å². The van der Waals surface area contributed by atoms with Crippen LogP contribution in [0.25, 0.3) is 0 Å². The Labute approximate surface area is 122 Å². The summed E-state index contributed by atoms with van der Waals surface area (Å²) in [6.45, 7) is 7.45. The van der Waals surface area contributed by atoms with Crippen molar-refractivity contribution in [3.05, 3.63) is 58.7 Å². The number of hydrogen-bond donors (Lipinski definition) is 1. The van der Waals surface area contributed by atoms with Crippen molar-refractivity contribution in [3.8, 4) is 0 Å². The van der Waals surface area contributed by atoms with Crippen molar-refractivity contribution in [1.29, 1.82) is 0 Å². The molecular formula is C18H24N2. The van der Waals surface area contributed by atoms with E-state index in [2.05, 4.69) is 74.4 Å². The van der Waals surface area contributed by atoms with Crippen molar-refractivity contribution in [3.63, 3.8) is 0 Å². The lowest BCUT2D eigenvalue weighted by Gasteiger charge is -2.24. The Bertz CT molecular complexity index is 579. The van der Waals surface area contributed by atoms with E-state index in [1.165, 1.54) is 27.9 Å². The summed E-state index contributed by atoms with van der Waals surface area (Å²) in [5, 5.41) is 3.19. The normalized spacial score (nSPS) is 10.4. The standard InChI is InChI=1S/C18H24N2/c1-13-9-14(2)18(15(3)10-13)20(5)12-16-7-6-8-17(11-16)19-4/h6-11,19H,12H2,1-5H3. The van der Waals surface area contributed by atoms with Crippen LogP contribution >= 0.6 is 0 Å². The van der Waals surface area contributed by atoms with Crippen molar-refractivity contribution < 1.29 is 0 Å². The largest absolute Gasteiger partial charge is 0.388 e. The first-order valence-electron chi connectivity index (χ1n) is 7.07. The van der Waals surface area contributed by atoms with Crippen LogP contribution in [0.15, 0.2) is 36.4 Å². The molecule has 0 spiro atoms. The third-order valence-electron chi connectivity index (χ3n) is 3.65. The zero-order valence-corrected chi connectivity index (χ0v) is 13.1. The van der Waals surface area contributed by atoms with E-state index < -0.39 is 0 Å². The average molecular weight is 268 g/mol. The van der Waals surface area contributed by atoms with Gasteiger partial charge in [-0.2, -0.15) is 0 Å². The van der Waals surface area contributed by atoms with Crippen LogP contribution in [0, 0.1) is 20.8 Å². The molecule has 0 bridgehead atoms. The summed E-state index contributed by atoms with van der Waals surface area (Å²) >= 11 is 0. The fraction of sp³-hybridized carbons (Fsp3) is 0.333. The molecule has 2 rings (SSSR count). The van der Waals surface area contributed by atoms with Gasteiger partial charge in [0.05, 0.1) is 0 Å². The summed E-state index contributed by atoms with van der Waals surface area (Å²) in [7, 11) is 4.12. The second-order valence-electron chi connectivity index (χ2n) is 5.55. The van der Waals surface area contributed by atoms with Gasteiger partial charge in [-0.15, -0.1) is 0 Å². The van der Waals surface area contributed by atoms with Gasteiger partial charge in [0.25, 0.3) is 0 Å². The maximum Gasteiger partial charge on any atom is 0.0427 e. The lowest BCUT2D eigenvalue weighted by molar-refractivity contribution is 0.910.